The maximum absolute atomic E-state index is 12.3. The van der Waals surface area contributed by atoms with Crippen LogP contribution in [-0.2, 0) is 57.7 Å². The summed E-state index contributed by atoms with van der Waals surface area (Å²) in [4.78, 5) is 16.4. The van der Waals surface area contributed by atoms with Gasteiger partial charge in [0.2, 0.25) is 0 Å². The number of rotatable bonds is 4. The second-order valence-electron chi connectivity index (χ2n) is 5.33. The third-order valence-electron chi connectivity index (χ3n) is 3.45. The van der Waals surface area contributed by atoms with Gasteiger partial charge in [0.25, 0.3) is 6.01 Å². The first kappa shape index (κ1) is 21.9. The normalized spacial score (nSPS) is 9.68. The summed E-state index contributed by atoms with van der Waals surface area (Å²) in [6.45, 7) is 3.73. The third kappa shape index (κ3) is 5.93. The van der Waals surface area contributed by atoms with Gasteiger partial charge in [-0.2, -0.15) is 5.56 Å². The van der Waals surface area contributed by atoms with Gasteiger partial charge in [0.05, 0.1) is 6.20 Å². The molecule has 1 aromatic heterocycles. The smallest absolute Gasteiger partial charge is 0.300 e. The van der Waals surface area contributed by atoms with E-state index in [1.165, 1.54) is 0 Å². The van der Waals surface area contributed by atoms with E-state index in [1.807, 2.05) is 44.2 Å². The molecule has 0 aliphatic heterocycles. The Bertz CT molecular complexity index is 834. The van der Waals surface area contributed by atoms with Crippen LogP contribution in [0.5, 0.6) is 0 Å². The predicted octanol–water partition coefficient (Wildman–Crippen LogP) is 3.73. The van der Waals surface area contributed by atoms with Crippen molar-refractivity contribution in [2.45, 2.75) is 20.3 Å². The van der Waals surface area contributed by atoms with E-state index >= 15 is 0 Å². The first-order valence-electron chi connectivity index (χ1n) is 7.33. The van der Waals surface area contributed by atoms with Crippen molar-refractivity contribution in [1.29, 1.82) is 0 Å². The molecule has 0 spiro atoms. The molecule has 1 heterocycles. The number of anilines is 1. The van der Waals surface area contributed by atoms with E-state index in [4.69, 9.17) is 4.42 Å². The SMILES string of the molecule is Cc1[c-]cc(C(=O)Nc2ncc(Cc3ccccc3)o2)c(C)[c-]1.[V].[Y]. The molecule has 4 nitrogen and oxygen atoms in total. The molecule has 0 saturated carbocycles. The van der Waals surface area contributed by atoms with Crippen molar-refractivity contribution >= 4 is 11.9 Å². The molecule has 0 fully saturated rings. The Morgan fingerprint density at radius 1 is 1.24 bits per heavy atom. The summed E-state index contributed by atoms with van der Waals surface area (Å²) >= 11 is 0. The predicted molar refractivity (Wildman–Crippen MR) is 87.3 cm³/mol. The van der Waals surface area contributed by atoms with Gasteiger partial charge in [-0.15, -0.1) is 0 Å². The van der Waals surface area contributed by atoms with E-state index in [0.717, 1.165) is 16.7 Å². The van der Waals surface area contributed by atoms with Gasteiger partial charge in [0.15, 0.2) is 0 Å². The molecule has 25 heavy (non-hydrogen) atoms. The number of aryl methyl sites for hydroxylation is 2. The van der Waals surface area contributed by atoms with Crippen molar-refractivity contribution in [2.24, 2.45) is 0 Å². The summed E-state index contributed by atoms with van der Waals surface area (Å²) in [5, 5.41) is 2.67. The van der Waals surface area contributed by atoms with Crippen molar-refractivity contribution in [1.82, 2.24) is 4.98 Å². The molecule has 2 aromatic carbocycles. The first-order valence-corrected chi connectivity index (χ1v) is 7.33. The molecule has 0 aliphatic carbocycles. The maximum Gasteiger partial charge on any atom is 0.300 e. The number of hydrogen-bond donors (Lipinski definition) is 1. The van der Waals surface area contributed by atoms with E-state index in [9.17, 15) is 4.79 Å². The number of carbonyl (C=O) groups is 1. The maximum atomic E-state index is 12.3. The number of nitrogens with one attached hydrogen (secondary N) is 1. The van der Waals surface area contributed by atoms with Crippen LogP contribution in [0.2, 0.25) is 0 Å². The largest absolute Gasteiger partial charge is 0.428 e. The van der Waals surface area contributed by atoms with Crippen LogP contribution >= 0.6 is 0 Å². The van der Waals surface area contributed by atoms with Crippen LogP contribution in [0.25, 0.3) is 0 Å². The minimum atomic E-state index is -0.275. The van der Waals surface area contributed by atoms with Crippen molar-refractivity contribution in [2.75, 3.05) is 5.32 Å². The molecule has 0 saturated heterocycles. The average molecular weight is 444 g/mol. The summed E-state index contributed by atoms with van der Waals surface area (Å²) < 4.78 is 5.58. The molecule has 3 aromatic rings. The average Bonchev–Trinajstić information content (AvgIpc) is 2.95. The Morgan fingerprint density at radius 3 is 2.64 bits per heavy atom. The monoisotopic (exact) mass is 444 g/mol. The molecule has 124 valence electrons. The fourth-order valence-electron chi connectivity index (χ4n) is 2.32. The van der Waals surface area contributed by atoms with Crippen LogP contribution < -0.4 is 5.32 Å². The Balaban J connectivity index is 0.00000156. The number of aromatic nitrogens is 1. The molecule has 0 aliphatic rings. The Hall–Kier alpha value is -1.19. The molecule has 1 amide bonds. The zero-order chi connectivity index (χ0) is 16.2. The Labute approximate surface area is 184 Å². The van der Waals surface area contributed by atoms with E-state index in [-0.39, 0.29) is 63.2 Å². The summed E-state index contributed by atoms with van der Waals surface area (Å²) in [6, 6.07) is 17.9. The molecule has 1 N–H and O–H groups in total. The number of nitrogens with zero attached hydrogens (tertiary/aromatic N) is 1. The molecule has 6 heteroatoms. The molecular weight excluding hydrogens is 428 g/mol. The van der Waals surface area contributed by atoms with Gasteiger partial charge in [0.1, 0.15) is 11.7 Å². The van der Waals surface area contributed by atoms with Crippen LogP contribution in [0.1, 0.15) is 32.8 Å². The second-order valence-corrected chi connectivity index (χ2v) is 5.33. The van der Waals surface area contributed by atoms with Crippen molar-refractivity contribution in [3.63, 3.8) is 0 Å². The van der Waals surface area contributed by atoms with Crippen LogP contribution in [0.3, 0.4) is 0 Å². The standard InChI is InChI=1S/C19H16N2O2.V.Y/c1-13-8-9-17(14(2)10-13)18(22)21-19-20-12-16(23-19)11-15-6-4-3-5-7-15;;/h3-7,9,12H,11H2,1-2H3,(H,20,21,22);;/q-2;;. The van der Waals surface area contributed by atoms with Crippen molar-refractivity contribution < 1.29 is 60.5 Å². The molecule has 3 rings (SSSR count). The second kappa shape index (κ2) is 10.1. The summed E-state index contributed by atoms with van der Waals surface area (Å²) in [5.74, 6) is 0.424. The first-order chi connectivity index (χ1) is 11.1. The quantitative estimate of drug-likeness (QED) is 0.625. The Morgan fingerprint density at radius 2 is 1.96 bits per heavy atom. The number of amides is 1. The number of oxazole rings is 1. The summed E-state index contributed by atoms with van der Waals surface area (Å²) in [7, 11) is 0. The van der Waals surface area contributed by atoms with E-state index in [2.05, 4.69) is 22.4 Å². The summed E-state index contributed by atoms with van der Waals surface area (Å²) in [6.07, 6.45) is 2.26. The summed E-state index contributed by atoms with van der Waals surface area (Å²) in [5.41, 5.74) is 3.29. The van der Waals surface area contributed by atoms with E-state index in [0.29, 0.717) is 17.7 Å². The minimum Gasteiger partial charge on any atom is -0.428 e. The van der Waals surface area contributed by atoms with Gasteiger partial charge in [-0.25, -0.2) is 4.98 Å². The minimum absolute atomic E-state index is 0. The topological polar surface area (TPSA) is 55.1 Å². The van der Waals surface area contributed by atoms with Crippen molar-refractivity contribution in [3.8, 4) is 0 Å². The van der Waals surface area contributed by atoms with Gasteiger partial charge in [-0.3, -0.25) is 27.3 Å². The third-order valence-corrected chi connectivity index (χ3v) is 3.45. The van der Waals surface area contributed by atoms with Gasteiger partial charge >= 0.3 is 0 Å². The fourth-order valence-corrected chi connectivity index (χ4v) is 2.32. The van der Waals surface area contributed by atoms with Crippen LogP contribution in [0, 0.1) is 26.0 Å². The van der Waals surface area contributed by atoms with Crippen LogP contribution in [0.15, 0.2) is 47.0 Å². The number of hydrogen-bond acceptors (Lipinski definition) is 3. The van der Waals surface area contributed by atoms with Gasteiger partial charge in [-0.05, 0) is 5.56 Å². The van der Waals surface area contributed by atoms with Gasteiger partial charge in [0, 0.05) is 57.7 Å². The van der Waals surface area contributed by atoms with E-state index in [1.54, 1.807) is 12.3 Å². The molecule has 0 atom stereocenters. The number of carbonyl (C=O) groups excluding carboxylic acids is 1. The molecule has 0 unspecified atom stereocenters. The van der Waals surface area contributed by atoms with Gasteiger partial charge in [-0.1, -0.05) is 44.2 Å². The zero-order valence-corrected chi connectivity index (χ0v) is 18.3. The van der Waals surface area contributed by atoms with Crippen molar-refractivity contribution in [3.05, 3.63) is 82.7 Å². The molecule has 0 bridgehead atoms. The molecular formula is C19H16N2O2VY-2. The van der Waals surface area contributed by atoms with E-state index < -0.39 is 0 Å². The fraction of sp³-hybridized carbons (Fsp3) is 0.158. The molecule has 2 radical (unpaired) electrons. The van der Waals surface area contributed by atoms with Crippen LogP contribution in [-0.4, -0.2) is 10.9 Å². The zero-order valence-electron chi connectivity index (χ0n) is 14.0. The van der Waals surface area contributed by atoms with Gasteiger partial charge < -0.3 is 16.5 Å². The number of benzene rings is 2. The Kier molecular flexibility index (Phi) is 8.81. The van der Waals surface area contributed by atoms with Crippen LogP contribution in [0.4, 0.5) is 6.01 Å².